The number of carbonyl (C=O) groups is 1. The van der Waals surface area contributed by atoms with E-state index in [2.05, 4.69) is 41.6 Å². The second-order valence-electron chi connectivity index (χ2n) is 10.2. The van der Waals surface area contributed by atoms with Crippen LogP contribution in [0.15, 0.2) is 55.5 Å². The predicted molar refractivity (Wildman–Crippen MR) is 150 cm³/mol. The molecule has 0 aliphatic carbocycles. The van der Waals surface area contributed by atoms with Gasteiger partial charge in [-0.1, -0.05) is 32.3 Å². The van der Waals surface area contributed by atoms with Crippen LogP contribution >= 0.6 is 0 Å². The molecule has 3 heterocycles. The highest BCUT2D eigenvalue weighted by Crippen LogP contribution is 2.33. The van der Waals surface area contributed by atoms with Gasteiger partial charge in [0.2, 0.25) is 11.8 Å². The molecule has 0 radical (unpaired) electrons. The molecule has 0 aliphatic rings. The summed E-state index contributed by atoms with van der Waals surface area (Å²) >= 11 is 0. The Morgan fingerprint density at radius 3 is 2.79 bits per heavy atom. The molecule has 1 aromatic carbocycles. The van der Waals surface area contributed by atoms with Crippen molar-refractivity contribution in [2.75, 3.05) is 18.5 Å². The molecule has 38 heavy (non-hydrogen) atoms. The molecule has 0 spiro atoms. The summed E-state index contributed by atoms with van der Waals surface area (Å²) in [7, 11) is -1.21. The second kappa shape index (κ2) is 11.7. The minimum atomic E-state index is -1.21. The van der Waals surface area contributed by atoms with Gasteiger partial charge in [0.25, 0.3) is 0 Å². The quantitative estimate of drug-likeness (QED) is 0.152. The fraction of sp³-hybridized carbons (Fsp3) is 0.333. The zero-order chi connectivity index (χ0) is 27.3. The van der Waals surface area contributed by atoms with Crippen molar-refractivity contribution in [3.05, 3.63) is 61.2 Å². The molecule has 200 valence electrons. The van der Waals surface area contributed by atoms with Crippen molar-refractivity contribution < 1.29 is 19.4 Å². The number of benzene rings is 1. The van der Waals surface area contributed by atoms with Crippen LogP contribution in [0.2, 0.25) is 25.7 Å². The van der Waals surface area contributed by atoms with Crippen molar-refractivity contribution in [3.63, 3.8) is 0 Å². The van der Waals surface area contributed by atoms with E-state index in [9.17, 15) is 9.90 Å². The van der Waals surface area contributed by atoms with Crippen molar-refractivity contribution in [2.45, 2.75) is 45.9 Å². The maximum Gasteiger partial charge on any atom is 0.247 e. The van der Waals surface area contributed by atoms with Gasteiger partial charge < -0.3 is 24.5 Å². The van der Waals surface area contributed by atoms with Crippen molar-refractivity contribution in [1.29, 1.82) is 0 Å². The topological polar surface area (TPSA) is 116 Å². The first-order chi connectivity index (χ1) is 18.2. The molecule has 2 N–H and O–H groups in total. The number of rotatable bonds is 12. The third kappa shape index (κ3) is 6.74. The molecular formula is C27H34N6O4Si. The molecule has 3 aromatic heterocycles. The van der Waals surface area contributed by atoms with Gasteiger partial charge in [-0.15, -0.1) is 0 Å². The number of nitrogens with one attached hydrogen (secondary N) is 1. The molecule has 11 heteroatoms. The van der Waals surface area contributed by atoms with E-state index in [1.807, 2.05) is 23.9 Å². The molecule has 1 amide bonds. The maximum absolute atomic E-state index is 11.7. The van der Waals surface area contributed by atoms with E-state index in [4.69, 9.17) is 14.5 Å². The lowest BCUT2D eigenvalue weighted by Crippen LogP contribution is -2.22. The van der Waals surface area contributed by atoms with E-state index in [0.717, 1.165) is 22.9 Å². The number of hydrogen-bond donors (Lipinski definition) is 2. The van der Waals surface area contributed by atoms with Gasteiger partial charge in [-0.25, -0.2) is 9.97 Å². The molecule has 4 rings (SSSR count). The van der Waals surface area contributed by atoms with E-state index >= 15 is 0 Å². The molecule has 0 bridgehead atoms. The van der Waals surface area contributed by atoms with Crippen LogP contribution in [0.5, 0.6) is 11.6 Å². The van der Waals surface area contributed by atoms with E-state index < -0.39 is 8.07 Å². The Bertz CT molecular complexity index is 1440. The summed E-state index contributed by atoms with van der Waals surface area (Å²) in [4.78, 5) is 21.1. The monoisotopic (exact) mass is 534 g/mol. The van der Waals surface area contributed by atoms with Crippen LogP contribution in [0, 0.1) is 6.92 Å². The Kier molecular flexibility index (Phi) is 8.40. The highest BCUT2D eigenvalue weighted by molar-refractivity contribution is 6.76. The van der Waals surface area contributed by atoms with Crippen LogP contribution in [-0.4, -0.2) is 56.6 Å². The first-order valence-electron chi connectivity index (χ1n) is 12.5. The molecule has 0 saturated heterocycles. The summed E-state index contributed by atoms with van der Waals surface area (Å²) in [6.45, 7) is 13.8. The lowest BCUT2D eigenvalue weighted by Gasteiger charge is -2.15. The smallest absolute Gasteiger partial charge is 0.247 e. The number of amides is 1. The van der Waals surface area contributed by atoms with E-state index in [-0.39, 0.29) is 12.5 Å². The molecule has 4 aromatic rings. The van der Waals surface area contributed by atoms with Gasteiger partial charge in [0.15, 0.2) is 5.65 Å². The van der Waals surface area contributed by atoms with Gasteiger partial charge in [-0.05, 0) is 31.2 Å². The second-order valence-corrected chi connectivity index (χ2v) is 15.8. The van der Waals surface area contributed by atoms with Gasteiger partial charge in [0.1, 0.15) is 18.0 Å². The molecule has 10 nitrogen and oxygen atoms in total. The van der Waals surface area contributed by atoms with Gasteiger partial charge >= 0.3 is 0 Å². The first-order valence-corrected chi connectivity index (χ1v) is 16.2. The zero-order valence-corrected chi connectivity index (χ0v) is 23.3. The van der Waals surface area contributed by atoms with Crippen molar-refractivity contribution in [3.8, 4) is 22.8 Å². The van der Waals surface area contributed by atoms with Crippen LogP contribution in [0.4, 0.5) is 5.69 Å². The number of carbonyl (C=O) groups excluding carboxylic acids is 1. The fourth-order valence-electron chi connectivity index (χ4n) is 3.87. The Labute approximate surface area is 222 Å². The van der Waals surface area contributed by atoms with Gasteiger partial charge in [-0.3, -0.25) is 9.48 Å². The largest absolute Gasteiger partial charge is 0.437 e. The summed E-state index contributed by atoms with van der Waals surface area (Å²) in [5.41, 5.74) is 4.46. The minimum Gasteiger partial charge on any atom is -0.437 e. The number of hydrogen-bond acceptors (Lipinski definition) is 7. The summed E-state index contributed by atoms with van der Waals surface area (Å²) in [6.07, 6.45) is 6.65. The Morgan fingerprint density at radius 2 is 2.05 bits per heavy atom. The molecular weight excluding hydrogens is 500 g/mol. The SMILES string of the molecule is C=CC(=O)Nc1cccc(Oc2cnc3c(n2)c(-c2cn(CCO)nc2C)cn3COCC[Si](C)(C)C)c1. The summed E-state index contributed by atoms with van der Waals surface area (Å²) in [6, 6.07) is 8.09. The first kappa shape index (κ1) is 27.2. The van der Waals surface area contributed by atoms with Gasteiger partial charge in [-0.2, -0.15) is 5.10 Å². The Balaban J connectivity index is 1.67. The number of fused-ring (bicyclic) bond motifs is 1. The van der Waals surface area contributed by atoms with Crippen LogP contribution in [0.3, 0.4) is 0 Å². The predicted octanol–water partition coefficient (Wildman–Crippen LogP) is 4.82. The van der Waals surface area contributed by atoms with Crippen LogP contribution in [0.25, 0.3) is 22.3 Å². The number of aliphatic hydroxyl groups excluding tert-OH is 1. The van der Waals surface area contributed by atoms with Gasteiger partial charge in [0.05, 0.1) is 25.0 Å². The number of aromatic nitrogens is 5. The average Bonchev–Trinajstić information content (AvgIpc) is 3.40. The number of aliphatic hydroxyl groups is 1. The normalized spacial score (nSPS) is 11.6. The van der Waals surface area contributed by atoms with Gasteiger partial charge in [0, 0.05) is 50.0 Å². The number of ether oxygens (including phenoxy) is 2. The number of anilines is 1. The van der Waals surface area contributed by atoms with Crippen LogP contribution in [0.1, 0.15) is 5.69 Å². The third-order valence-electron chi connectivity index (χ3n) is 5.84. The summed E-state index contributed by atoms with van der Waals surface area (Å²) < 4.78 is 15.7. The standard InChI is InChI=1S/C27H34N6O4Si/c1-6-24(35)29-20-8-7-9-21(14-20)37-25-15-28-27-26(30-25)23(22-17-33(10-11-34)31-19(22)2)16-32(27)18-36-12-13-38(3,4)5/h6-9,14-17,34H,1,10-13,18H2,2-5H3,(H,29,35). The third-order valence-corrected chi connectivity index (χ3v) is 7.55. The Hall–Kier alpha value is -3.80. The number of nitrogens with zero attached hydrogens (tertiary/aromatic N) is 5. The van der Waals surface area contributed by atoms with Crippen molar-refractivity contribution in [2.24, 2.45) is 0 Å². The Morgan fingerprint density at radius 1 is 1.24 bits per heavy atom. The van der Waals surface area contributed by atoms with E-state index in [0.29, 0.717) is 48.4 Å². The fourth-order valence-corrected chi connectivity index (χ4v) is 4.63. The molecule has 0 unspecified atom stereocenters. The molecule has 0 atom stereocenters. The summed E-state index contributed by atoms with van der Waals surface area (Å²) in [5.74, 6) is 0.505. The van der Waals surface area contributed by atoms with E-state index in [1.54, 1.807) is 35.1 Å². The van der Waals surface area contributed by atoms with Crippen LogP contribution in [-0.2, 0) is 22.8 Å². The lowest BCUT2D eigenvalue weighted by atomic mass is 10.1. The van der Waals surface area contributed by atoms with Crippen molar-refractivity contribution in [1.82, 2.24) is 24.3 Å². The molecule has 0 saturated carbocycles. The van der Waals surface area contributed by atoms with Crippen molar-refractivity contribution >= 4 is 30.8 Å². The maximum atomic E-state index is 11.7. The van der Waals surface area contributed by atoms with Crippen LogP contribution < -0.4 is 10.1 Å². The van der Waals surface area contributed by atoms with E-state index in [1.165, 1.54) is 6.08 Å². The molecule has 0 aliphatic heterocycles. The zero-order valence-electron chi connectivity index (χ0n) is 22.3. The number of aryl methyl sites for hydroxylation is 1. The minimum absolute atomic E-state index is 0.00262. The average molecular weight is 535 g/mol. The summed E-state index contributed by atoms with van der Waals surface area (Å²) in [5, 5.41) is 16.6. The molecule has 0 fully saturated rings. The lowest BCUT2D eigenvalue weighted by molar-refractivity contribution is -0.111. The highest BCUT2D eigenvalue weighted by Gasteiger charge is 2.19. The highest BCUT2D eigenvalue weighted by atomic mass is 28.3.